The molecular formula is C15H12N6O2. The molecule has 0 fully saturated rings. The molecule has 0 radical (unpaired) electrons. The molecule has 0 saturated heterocycles. The molecule has 8 nitrogen and oxygen atoms in total. The first-order chi connectivity index (χ1) is 11.1. The van der Waals surface area contributed by atoms with E-state index in [0.29, 0.717) is 17.3 Å². The van der Waals surface area contributed by atoms with Gasteiger partial charge >= 0.3 is 0 Å². The molecule has 114 valence electrons. The standard InChI is InChI=1S/C15H12N6O2/c16-12-4-3-11(8-14(12)21(22)23)19-15-18-7-5-13(20-15)10-2-1-6-17-9-10/h1-9H,16H2,(H,18,19,20). The number of pyridine rings is 1. The summed E-state index contributed by atoms with van der Waals surface area (Å²) < 4.78 is 0. The Kier molecular flexibility index (Phi) is 3.79. The van der Waals surface area contributed by atoms with Crippen molar-refractivity contribution < 1.29 is 4.92 Å². The zero-order chi connectivity index (χ0) is 16.2. The maximum absolute atomic E-state index is 10.9. The molecule has 8 heteroatoms. The highest BCUT2D eigenvalue weighted by atomic mass is 16.6. The third-order valence-electron chi connectivity index (χ3n) is 3.10. The molecule has 0 atom stereocenters. The van der Waals surface area contributed by atoms with Crippen molar-refractivity contribution in [3.8, 4) is 11.3 Å². The molecule has 2 heterocycles. The lowest BCUT2D eigenvalue weighted by molar-refractivity contribution is -0.383. The summed E-state index contributed by atoms with van der Waals surface area (Å²) in [6.45, 7) is 0. The molecule has 0 aliphatic rings. The van der Waals surface area contributed by atoms with E-state index in [4.69, 9.17) is 5.73 Å². The largest absolute Gasteiger partial charge is 0.393 e. The van der Waals surface area contributed by atoms with Crippen LogP contribution in [0.15, 0.2) is 55.0 Å². The monoisotopic (exact) mass is 308 g/mol. The van der Waals surface area contributed by atoms with Gasteiger partial charge in [-0.25, -0.2) is 9.97 Å². The molecular weight excluding hydrogens is 296 g/mol. The van der Waals surface area contributed by atoms with Gasteiger partial charge in [-0.05, 0) is 30.3 Å². The fourth-order valence-electron chi connectivity index (χ4n) is 2.00. The van der Waals surface area contributed by atoms with Gasteiger partial charge in [-0.3, -0.25) is 15.1 Å². The highest BCUT2D eigenvalue weighted by Gasteiger charge is 2.12. The van der Waals surface area contributed by atoms with Gasteiger partial charge in [-0.15, -0.1) is 0 Å². The van der Waals surface area contributed by atoms with E-state index in [1.165, 1.54) is 12.1 Å². The minimum absolute atomic E-state index is 0.102. The summed E-state index contributed by atoms with van der Waals surface area (Å²) in [5.41, 5.74) is 7.53. The summed E-state index contributed by atoms with van der Waals surface area (Å²) in [5.74, 6) is 0.324. The van der Waals surface area contributed by atoms with E-state index in [2.05, 4.69) is 20.3 Å². The molecule has 0 unspecified atom stereocenters. The van der Waals surface area contributed by atoms with Crippen molar-refractivity contribution in [3.63, 3.8) is 0 Å². The average Bonchev–Trinajstić information content (AvgIpc) is 2.57. The molecule has 3 rings (SSSR count). The summed E-state index contributed by atoms with van der Waals surface area (Å²) in [5, 5.41) is 13.9. The maximum Gasteiger partial charge on any atom is 0.294 e. The molecule has 0 spiro atoms. The van der Waals surface area contributed by atoms with E-state index in [9.17, 15) is 10.1 Å². The summed E-state index contributed by atoms with van der Waals surface area (Å²) in [6, 6.07) is 9.89. The second kappa shape index (κ2) is 6.06. The maximum atomic E-state index is 10.9. The van der Waals surface area contributed by atoms with Gasteiger partial charge in [-0.2, -0.15) is 0 Å². The minimum Gasteiger partial charge on any atom is -0.393 e. The van der Waals surface area contributed by atoms with Crippen LogP contribution in [0.25, 0.3) is 11.3 Å². The summed E-state index contributed by atoms with van der Waals surface area (Å²) in [7, 11) is 0. The first kappa shape index (κ1) is 14.4. The van der Waals surface area contributed by atoms with E-state index in [0.717, 1.165) is 5.56 Å². The predicted octanol–water partition coefficient (Wildman–Crippen LogP) is 2.77. The van der Waals surface area contributed by atoms with E-state index >= 15 is 0 Å². The zero-order valence-electron chi connectivity index (χ0n) is 11.9. The Morgan fingerprint density at radius 3 is 2.78 bits per heavy atom. The van der Waals surface area contributed by atoms with Gasteiger partial charge in [0.25, 0.3) is 5.69 Å². The molecule has 0 saturated carbocycles. The number of hydrogen-bond donors (Lipinski definition) is 2. The van der Waals surface area contributed by atoms with Gasteiger partial charge in [0.05, 0.1) is 10.6 Å². The molecule has 1 aromatic carbocycles. The Hall–Kier alpha value is -3.55. The van der Waals surface area contributed by atoms with Gasteiger partial charge in [0.1, 0.15) is 5.69 Å². The highest BCUT2D eigenvalue weighted by molar-refractivity contribution is 5.68. The number of aromatic nitrogens is 3. The van der Waals surface area contributed by atoms with Gasteiger partial charge in [0.15, 0.2) is 0 Å². The smallest absolute Gasteiger partial charge is 0.294 e. The van der Waals surface area contributed by atoms with Gasteiger partial charge in [0, 0.05) is 35.9 Å². The van der Waals surface area contributed by atoms with E-state index in [1.807, 2.05) is 12.1 Å². The van der Waals surface area contributed by atoms with Crippen LogP contribution in [0.4, 0.5) is 23.0 Å². The number of nitrogens with two attached hydrogens (primary N) is 1. The lowest BCUT2D eigenvalue weighted by atomic mass is 10.2. The van der Waals surface area contributed by atoms with Crippen LogP contribution >= 0.6 is 0 Å². The van der Waals surface area contributed by atoms with Crippen molar-refractivity contribution >= 4 is 23.0 Å². The number of nitro benzene ring substituents is 1. The van der Waals surface area contributed by atoms with Crippen LogP contribution in [-0.4, -0.2) is 19.9 Å². The molecule has 0 bridgehead atoms. The molecule has 3 N–H and O–H groups in total. The summed E-state index contributed by atoms with van der Waals surface area (Å²) >= 11 is 0. The number of anilines is 3. The number of benzene rings is 1. The average molecular weight is 308 g/mol. The van der Waals surface area contributed by atoms with Crippen molar-refractivity contribution in [2.24, 2.45) is 0 Å². The second-order valence-corrected chi connectivity index (χ2v) is 4.66. The number of nitrogen functional groups attached to an aromatic ring is 1. The number of nitrogens with zero attached hydrogens (tertiary/aromatic N) is 4. The van der Waals surface area contributed by atoms with Crippen LogP contribution < -0.4 is 11.1 Å². The van der Waals surface area contributed by atoms with Crippen LogP contribution in [-0.2, 0) is 0 Å². The van der Waals surface area contributed by atoms with Crippen molar-refractivity contribution in [3.05, 3.63) is 65.1 Å². The minimum atomic E-state index is -0.534. The van der Waals surface area contributed by atoms with Crippen LogP contribution in [0.5, 0.6) is 0 Å². The molecule has 3 aromatic rings. The van der Waals surface area contributed by atoms with Crippen LogP contribution in [0.1, 0.15) is 0 Å². The highest BCUT2D eigenvalue weighted by Crippen LogP contribution is 2.26. The zero-order valence-corrected chi connectivity index (χ0v) is 11.9. The molecule has 2 aromatic heterocycles. The quantitative estimate of drug-likeness (QED) is 0.432. The van der Waals surface area contributed by atoms with Gasteiger partial charge in [0.2, 0.25) is 5.95 Å². The van der Waals surface area contributed by atoms with Crippen molar-refractivity contribution in [1.82, 2.24) is 15.0 Å². The lowest BCUT2D eigenvalue weighted by Gasteiger charge is -2.07. The summed E-state index contributed by atoms with van der Waals surface area (Å²) in [4.78, 5) is 22.9. The van der Waals surface area contributed by atoms with Crippen LogP contribution in [0.3, 0.4) is 0 Å². The van der Waals surface area contributed by atoms with E-state index in [-0.39, 0.29) is 11.4 Å². The SMILES string of the molecule is Nc1ccc(Nc2nccc(-c3cccnc3)n2)cc1[N+](=O)[O-]. The number of hydrogen-bond acceptors (Lipinski definition) is 7. The number of nitro groups is 1. The van der Waals surface area contributed by atoms with Crippen molar-refractivity contribution in [2.75, 3.05) is 11.1 Å². The Balaban J connectivity index is 1.89. The lowest BCUT2D eigenvalue weighted by Crippen LogP contribution is -2.00. The first-order valence-electron chi connectivity index (χ1n) is 6.68. The summed E-state index contributed by atoms with van der Waals surface area (Å²) in [6.07, 6.45) is 4.97. The fraction of sp³-hybridized carbons (Fsp3) is 0. The Bertz CT molecular complexity index is 854. The number of rotatable bonds is 4. The Morgan fingerprint density at radius 1 is 1.17 bits per heavy atom. The van der Waals surface area contributed by atoms with Gasteiger partial charge in [-0.1, -0.05) is 0 Å². The Morgan fingerprint density at radius 2 is 2.04 bits per heavy atom. The predicted molar refractivity (Wildman–Crippen MR) is 86.1 cm³/mol. The number of nitrogens with one attached hydrogen (secondary N) is 1. The molecule has 0 aliphatic heterocycles. The Labute approximate surface area is 131 Å². The van der Waals surface area contributed by atoms with Crippen molar-refractivity contribution in [1.29, 1.82) is 0 Å². The van der Waals surface area contributed by atoms with E-state index < -0.39 is 4.92 Å². The fourth-order valence-corrected chi connectivity index (χ4v) is 2.00. The first-order valence-corrected chi connectivity index (χ1v) is 6.68. The normalized spacial score (nSPS) is 10.3. The third kappa shape index (κ3) is 3.21. The van der Waals surface area contributed by atoms with E-state index in [1.54, 1.807) is 30.7 Å². The topological polar surface area (TPSA) is 120 Å². The molecule has 23 heavy (non-hydrogen) atoms. The van der Waals surface area contributed by atoms with Gasteiger partial charge < -0.3 is 11.1 Å². The molecule has 0 aliphatic carbocycles. The molecule has 0 amide bonds. The van der Waals surface area contributed by atoms with Crippen LogP contribution in [0, 0.1) is 10.1 Å². The van der Waals surface area contributed by atoms with Crippen molar-refractivity contribution in [2.45, 2.75) is 0 Å². The van der Waals surface area contributed by atoms with Crippen LogP contribution in [0.2, 0.25) is 0 Å². The second-order valence-electron chi connectivity index (χ2n) is 4.66. The third-order valence-corrected chi connectivity index (χ3v) is 3.10.